The van der Waals surface area contributed by atoms with Crippen molar-refractivity contribution in [1.29, 1.82) is 0 Å². The minimum atomic E-state index is 0.549. The van der Waals surface area contributed by atoms with Crippen LogP contribution in [0.3, 0.4) is 0 Å². The van der Waals surface area contributed by atoms with E-state index in [9.17, 15) is 4.79 Å². The van der Waals surface area contributed by atoms with Crippen LogP contribution in [0.15, 0.2) is 29.3 Å². The van der Waals surface area contributed by atoms with Gasteiger partial charge in [-0.3, -0.25) is 9.79 Å². The Kier molecular flexibility index (Phi) is 7.51. The molecule has 1 aliphatic carbocycles. The monoisotopic (exact) mass is 306 g/mol. The van der Waals surface area contributed by atoms with Crippen molar-refractivity contribution in [3.63, 3.8) is 0 Å². The van der Waals surface area contributed by atoms with Gasteiger partial charge in [-0.25, -0.2) is 0 Å². The smallest absolute Gasteiger partial charge is 0.213 e. The van der Waals surface area contributed by atoms with Crippen LogP contribution in [0.25, 0.3) is 0 Å². The fraction of sp³-hybridized carbons (Fsp3) is 0.529. The molecule has 1 amide bonds. The predicted molar refractivity (Wildman–Crippen MR) is 93.1 cm³/mol. The van der Waals surface area contributed by atoms with E-state index in [2.05, 4.69) is 48.4 Å². The van der Waals surface area contributed by atoms with E-state index in [0.29, 0.717) is 17.0 Å². The molecule has 1 N–H and O–H groups in total. The molecule has 0 spiro atoms. The first-order chi connectivity index (χ1) is 10.1. The van der Waals surface area contributed by atoms with Gasteiger partial charge in [0.1, 0.15) is 0 Å². The third-order valence-electron chi connectivity index (χ3n) is 4.23. The lowest BCUT2D eigenvalue weighted by Crippen LogP contribution is -2.33. The van der Waals surface area contributed by atoms with E-state index in [1.54, 1.807) is 12.6 Å². The molecule has 4 heteroatoms. The number of benzene rings is 1. The highest BCUT2D eigenvalue weighted by Crippen LogP contribution is 2.46. The second-order valence-electron chi connectivity index (χ2n) is 5.35. The Bertz CT molecular complexity index is 459. The Morgan fingerprint density at radius 1 is 1.38 bits per heavy atom. The van der Waals surface area contributed by atoms with Gasteiger partial charge in [0.2, 0.25) is 6.41 Å². The zero-order chi connectivity index (χ0) is 15.7. The van der Waals surface area contributed by atoms with Crippen LogP contribution in [0, 0.1) is 6.92 Å². The minimum Gasteiger partial charge on any atom is -0.308 e. The third kappa shape index (κ3) is 4.88. The van der Waals surface area contributed by atoms with Crippen LogP contribution in [0.5, 0.6) is 0 Å². The van der Waals surface area contributed by atoms with E-state index in [-0.39, 0.29) is 0 Å². The Morgan fingerprint density at radius 3 is 2.29 bits per heavy atom. The first-order valence-corrected chi connectivity index (χ1v) is 8.62. The standard InChI is InChI=1S/C13H18.C4H8N2OS/c1-3-13(9-4-10-13)12-7-5-11(2)6-8-12;1-5-4(8-2)6-3-7/h5-8H,3-4,9-10H2,1-2H3;3H,1-2H3,(H,5,6,7). The minimum absolute atomic E-state index is 0.549. The molecule has 3 nitrogen and oxygen atoms in total. The fourth-order valence-corrected chi connectivity index (χ4v) is 2.97. The average molecular weight is 306 g/mol. The summed E-state index contributed by atoms with van der Waals surface area (Å²) >= 11 is 1.40. The molecular weight excluding hydrogens is 280 g/mol. The van der Waals surface area contributed by atoms with Crippen molar-refractivity contribution in [2.24, 2.45) is 4.99 Å². The van der Waals surface area contributed by atoms with Crippen molar-refractivity contribution in [1.82, 2.24) is 5.32 Å². The topological polar surface area (TPSA) is 41.5 Å². The van der Waals surface area contributed by atoms with E-state index in [1.807, 2.05) is 6.26 Å². The Morgan fingerprint density at radius 2 is 2.00 bits per heavy atom. The molecule has 1 saturated carbocycles. The van der Waals surface area contributed by atoms with Gasteiger partial charge in [0, 0.05) is 7.05 Å². The first-order valence-electron chi connectivity index (χ1n) is 7.40. The van der Waals surface area contributed by atoms with Crippen LogP contribution >= 0.6 is 11.8 Å². The summed E-state index contributed by atoms with van der Waals surface area (Å²) in [5.41, 5.74) is 3.48. The zero-order valence-electron chi connectivity index (χ0n) is 13.5. The molecule has 1 fully saturated rings. The summed E-state index contributed by atoms with van der Waals surface area (Å²) in [7, 11) is 1.63. The van der Waals surface area contributed by atoms with E-state index in [0.717, 1.165) is 0 Å². The first kappa shape index (κ1) is 17.8. The van der Waals surface area contributed by atoms with Gasteiger partial charge in [0.25, 0.3) is 0 Å². The molecule has 0 atom stereocenters. The van der Waals surface area contributed by atoms with E-state index < -0.39 is 0 Å². The number of nitrogens with one attached hydrogen (secondary N) is 1. The van der Waals surface area contributed by atoms with Gasteiger partial charge in [-0.05, 0) is 43.4 Å². The SMILES string of the molecule is CCC1(c2ccc(C)cc2)CCC1.CN=C(NC=O)SC. The summed E-state index contributed by atoms with van der Waals surface area (Å²) in [5, 5.41) is 3.05. The van der Waals surface area contributed by atoms with Crippen LogP contribution in [0.4, 0.5) is 0 Å². The molecule has 0 aliphatic heterocycles. The average Bonchev–Trinajstić information content (AvgIpc) is 2.47. The highest BCUT2D eigenvalue weighted by Gasteiger charge is 2.36. The molecule has 1 aromatic carbocycles. The van der Waals surface area contributed by atoms with Gasteiger partial charge in [0.15, 0.2) is 5.17 Å². The number of aryl methyl sites for hydroxylation is 1. The number of amidine groups is 1. The number of hydrogen-bond donors (Lipinski definition) is 1. The maximum Gasteiger partial charge on any atom is 0.213 e. The molecule has 2 rings (SSSR count). The molecule has 0 heterocycles. The molecule has 0 saturated heterocycles. The van der Waals surface area contributed by atoms with Crippen molar-refractivity contribution < 1.29 is 4.79 Å². The van der Waals surface area contributed by atoms with E-state index in [1.165, 1.54) is 43.0 Å². The van der Waals surface area contributed by atoms with Gasteiger partial charge in [0.05, 0.1) is 0 Å². The molecule has 0 aromatic heterocycles. The number of carbonyl (C=O) groups excluding carboxylic acids is 1. The normalized spacial score (nSPS) is 16.3. The molecule has 21 heavy (non-hydrogen) atoms. The van der Waals surface area contributed by atoms with E-state index >= 15 is 0 Å². The lowest BCUT2D eigenvalue weighted by molar-refractivity contribution is -0.108. The molecular formula is C17H26N2OS. The van der Waals surface area contributed by atoms with Crippen molar-refractivity contribution in [2.45, 2.75) is 44.9 Å². The van der Waals surface area contributed by atoms with E-state index in [4.69, 9.17) is 0 Å². The van der Waals surface area contributed by atoms with Crippen molar-refractivity contribution >= 4 is 23.3 Å². The highest BCUT2D eigenvalue weighted by molar-refractivity contribution is 8.13. The predicted octanol–water partition coefficient (Wildman–Crippen LogP) is 3.91. The Balaban J connectivity index is 0.000000240. The number of carbonyl (C=O) groups is 1. The molecule has 0 bridgehead atoms. The summed E-state index contributed by atoms with van der Waals surface area (Å²) in [4.78, 5) is 13.5. The molecule has 1 aliphatic rings. The van der Waals surface area contributed by atoms with Crippen molar-refractivity contribution in [3.8, 4) is 0 Å². The Labute approximate surface area is 132 Å². The summed E-state index contributed by atoms with van der Waals surface area (Å²) in [6, 6.07) is 9.12. The van der Waals surface area contributed by atoms with Crippen LogP contribution in [-0.4, -0.2) is 24.9 Å². The summed E-state index contributed by atoms with van der Waals surface area (Å²) in [6.45, 7) is 4.47. The summed E-state index contributed by atoms with van der Waals surface area (Å²) in [6.07, 6.45) is 7.97. The highest BCUT2D eigenvalue weighted by atomic mass is 32.2. The van der Waals surface area contributed by atoms with Gasteiger partial charge in [-0.15, -0.1) is 0 Å². The third-order valence-corrected chi connectivity index (χ3v) is 4.92. The maximum absolute atomic E-state index is 9.73. The second-order valence-corrected chi connectivity index (χ2v) is 6.14. The Hall–Kier alpha value is -1.29. The zero-order valence-corrected chi connectivity index (χ0v) is 14.3. The number of amides is 1. The van der Waals surface area contributed by atoms with Crippen LogP contribution in [0.1, 0.15) is 43.7 Å². The molecule has 0 unspecified atom stereocenters. The van der Waals surface area contributed by atoms with Crippen LogP contribution in [0.2, 0.25) is 0 Å². The number of rotatable bonds is 3. The van der Waals surface area contributed by atoms with Crippen LogP contribution in [-0.2, 0) is 10.2 Å². The van der Waals surface area contributed by atoms with Crippen molar-refractivity contribution in [2.75, 3.05) is 13.3 Å². The lowest BCUT2D eigenvalue weighted by atomic mass is 9.63. The lowest BCUT2D eigenvalue weighted by Gasteiger charge is -2.42. The molecule has 1 aromatic rings. The second kappa shape index (κ2) is 8.88. The fourth-order valence-electron chi connectivity index (χ4n) is 2.62. The van der Waals surface area contributed by atoms with Gasteiger partial charge in [-0.1, -0.05) is 54.9 Å². The number of hydrogen-bond acceptors (Lipinski definition) is 3. The summed E-state index contributed by atoms with van der Waals surface area (Å²) in [5.74, 6) is 0. The summed E-state index contributed by atoms with van der Waals surface area (Å²) < 4.78 is 0. The number of thioether (sulfide) groups is 1. The van der Waals surface area contributed by atoms with Crippen LogP contribution < -0.4 is 5.32 Å². The number of nitrogens with zero attached hydrogens (tertiary/aromatic N) is 1. The molecule has 0 radical (unpaired) electrons. The van der Waals surface area contributed by atoms with Crippen molar-refractivity contribution in [3.05, 3.63) is 35.4 Å². The molecule has 116 valence electrons. The quantitative estimate of drug-likeness (QED) is 0.522. The maximum atomic E-state index is 9.73. The largest absolute Gasteiger partial charge is 0.308 e. The number of aliphatic imine (C=N–C) groups is 1. The van der Waals surface area contributed by atoms with Gasteiger partial charge < -0.3 is 5.32 Å². The van der Waals surface area contributed by atoms with Gasteiger partial charge >= 0.3 is 0 Å². The van der Waals surface area contributed by atoms with Gasteiger partial charge in [-0.2, -0.15) is 0 Å².